The van der Waals surface area contributed by atoms with E-state index in [4.69, 9.17) is 11.6 Å². The van der Waals surface area contributed by atoms with Gasteiger partial charge in [0.15, 0.2) is 0 Å². The van der Waals surface area contributed by atoms with Gasteiger partial charge in [-0.3, -0.25) is 0 Å². The van der Waals surface area contributed by atoms with E-state index < -0.39 is 18.4 Å². The summed E-state index contributed by atoms with van der Waals surface area (Å²) in [7, 11) is 1.95. The van der Waals surface area contributed by atoms with Crippen LogP contribution in [0.2, 0.25) is 5.02 Å². The summed E-state index contributed by atoms with van der Waals surface area (Å²) in [6, 6.07) is 5.90. The number of anilines is 1. The molecule has 2 fully saturated rings. The molecular weight excluding hydrogens is 501 g/mol. The van der Waals surface area contributed by atoms with Crippen molar-refractivity contribution in [2.75, 3.05) is 31.9 Å². The number of aromatic nitrogens is 2. The van der Waals surface area contributed by atoms with Gasteiger partial charge in [-0.2, -0.15) is 0 Å². The van der Waals surface area contributed by atoms with Crippen molar-refractivity contribution in [2.24, 2.45) is 0 Å². The summed E-state index contributed by atoms with van der Waals surface area (Å²) in [5.74, 6) is 0.981. The van der Waals surface area contributed by atoms with Crippen LogP contribution in [0.25, 0.3) is 0 Å². The zero-order valence-corrected chi connectivity index (χ0v) is 20.1. The van der Waals surface area contributed by atoms with E-state index in [0.29, 0.717) is 10.6 Å². The van der Waals surface area contributed by atoms with Gasteiger partial charge >= 0.3 is 182 Å². The molecule has 1 N–H and O–H groups in total. The van der Waals surface area contributed by atoms with Crippen LogP contribution >= 0.6 is 11.6 Å². The number of hydrogen-bond acceptors (Lipinski definition) is 4. The molecule has 2 aliphatic rings. The van der Waals surface area contributed by atoms with E-state index in [1.54, 1.807) is 0 Å². The van der Waals surface area contributed by atoms with Crippen molar-refractivity contribution < 1.29 is 23.2 Å². The van der Waals surface area contributed by atoms with E-state index in [0.717, 1.165) is 38.8 Å². The SMILES string of the molecule is Cc1cnc(N2CCC[I-]3(CC3N(C)C(=O)NCc3ccc(Cl)c(C)c3)C2)cn1. The van der Waals surface area contributed by atoms with Gasteiger partial charge in [-0.15, -0.1) is 0 Å². The van der Waals surface area contributed by atoms with Crippen LogP contribution in [0.15, 0.2) is 30.6 Å². The summed E-state index contributed by atoms with van der Waals surface area (Å²) in [6.45, 7) is 5.51. The van der Waals surface area contributed by atoms with Gasteiger partial charge in [0.2, 0.25) is 0 Å². The topological polar surface area (TPSA) is 61.4 Å². The zero-order chi connectivity index (χ0) is 20.6. The van der Waals surface area contributed by atoms with Crippen LogP contribution < -0.4 is 28.7 Å². The van der Waals surface area contributed by atoms with E-state index in [2.05, 4.69) is 20.2 Å². The molecule has 0 bridgehead atoms. The van der Waals surface area contributed by atoms with Crippen molar-refractivity contribution >= 4 is 23.4 Å². The van der Waals surface area contributed by atoms with E-state index in [9.17, 15) is 4.79 Å². The van der Waals surface area contributed by atoms with Crippen molar-refractivity contribution in [1.29, 1.82) is 0 Å². The Kier molecular flexibility index (Phi) is 5.88. The number of aryl methyl sites for hydroxylation is 2. The van der Waals surface area contributed by atoms with Crippen molar-refractivity contribution in [2.45, 2.75) is 30.9 Å². The second kappa shape index (κ2) is 8.26. The average Bonchev–Trinajstić information content (AvgIpc) is 3.41. The molecule has 1 aromatic carbocycles. The van der Waals surface area contributed by atoms with E-state index in [1.807, 2.05) is 56.4 Å². The fourth-order valence-corrected chi connectivity index (χ4v) is 17.4. The van der Waals surface area contributed by atoms with Crippen LogP contribution in [-0.4, -0.2) is 51.9 Å². The molecule has 1 aromatic heterocycles. The second-order valence-electron chi connectivity index (χ2n) is 7.91. The normalized spacial score (nSPS) is 25.4. The molecule has 1 spiro atoms. The van der Waals surface area contributed by atoms with E-state index >= 15 is 0 Å². The standard InChI is InChI=1S/C21H28ClIN5O/c1-15-9-17(5-6-18(15)22)12-26-21(29)27(3)19-10-23(19)7-4-8-28(14-23)20-13-24-16(2)11-25-20/h5-6,9,11,13,19H,4,7-8,10,12,14H2,1-3H3,(H,26,29)/q-1. The Morgan fingerprint density at radius 3 is 2.90 bits per heavy atom. The third-order valence-corrected chi connectivity index (χ3v) is 17.0. The van der Waals surface area contributed by atoms with Gasteiger partial charge in [0.05, 0.1) is 0 Å². The van der Waals surface area contributed by atoms with Crippen LogP contribution in [0.5, 0.6) is 0 Å². The molecule has 158 valence electrons. The van der Waals surface area contributed by atoms with Crippen LogP contribution in [0.1, 0.15) is 23.2 Å². The number of halogens is 2. The van der Waals surface area contributed by atoms with Crippen LogP contribution in [-0.2, 0) is 6.54 Å². The molecule has 2 unspecified atom stereocenters. The third kappa shape index (κ3) is 4.45. The first-order valence-electron chi connectivity index (χ1n) is 9.84. The number of carbonyl (C=O) groups is 1. The number of nitrogens with zero attached hydrogens (tertiary/aromatic N) is 4. The van der Waals surface area contributed by atoms with E-state index in [-0.39, 0.29) is 6.03 Å². The summed E-state index contributed by atoms with van der Waals surface area (Å²) in [5.41, 5.74) is 3.05. The fraction of sp³-hybridized carbons (Fsp3) is 0.476. The number of benzene rings is 1. The Balaban J connectivity index is 1.34. The monoisotopic (exact) mass is 528 g/mol. The predicted molar refractivity (Wildman–Crippen MR) is 113 cm³/mol. The van der Waals surface area contributed by atoms with Crippen LogP contribution in [0.4, 0.5) is 10.6 Å². The summed E-state index contributed by atoms with van der Waals surface area (Å²) >= 11 is 4.13. The Morgan fingerprint density at radius 2 is 2.17 bits per heavy atom. The van der Waals surface area contributed by atoms with Crippen molar-refractivity contribution in [3.63, 3.8) is 0 Å². The summed E-state index contributed by atoms with van der Waals surface area (Å²) in [4.78, 5) is 26.1. The molecule has 2 aromatic rings. The summed E-state index contributed by atoms with van der Waals surface area (Å²) in [5, 5.41) is 3.83. The molecule has 2 amide bonds. The Labute approximate surface area is 181 Å². The molecule has 3 heterocycles. The maximum absolute atomic E-state index is 12.7. The first-order chi connectivity index (χ1) is 13.9. The Hall–Kier alpha value is -1.61. The van der Waals surface area contributed by atoms with Gasteiger partial charge in [0, 0.05) is 0 Å². The second-order valence-corrected chi connectivity index (χ2v) is 18.3. The Morgan fingerprint density at radius 1 is 1.34 bits per heavy atom. The quantitative estimate of drug-likeness (QED) is 0.351. The number of hydrogen-bond donors (Lipinski definition) is 1. The molecule has 0 saturated carbocycles. The summed E-state index contributed by atoms with van der Waals surface area (Å²) < 4.78 is 4.13. The molecular formula is C21H28ClIN5O-. The van der Waals surface area contributed by atoms with Gasteiger partial charge in [-0.25, -0.2) is 0 Å². The molecule has 6 nitrogen and oxygen atoms in total. The van der Waals surface area contributed by atoms with Crippen molar-refractivity contribution in [3.05, 3.63) is 52.4 Å². The molecule has 0 radical (unpaired) electrons. The number of alkyl halides is 4. The fourth-order valence-electron chi connectivity index (χ4n) is 3.86. The van der Waals surface area contributed by atoms with Crippen molar-refractivity contribution in [3.8, 4) is 0 Å². The third-order valence-electron chi connectivity index (χ3n) is 5.69. The molecule has 4 rings (SSSR count). The van der Waals surface area contributed by atoms with Gasteiger partial charge in [-0.05, 0) is 0 Å². The van der Waals surface area contributed by atoms with Gasteiger partial charge in [0.25, 0.3) is 0 Å². The van der Waals surface area contributed by atoms with Gasteiger partial charge < -0.3 is 0 Å². The molecule has 2 saturated heterocycles. The first kappa shape index (κ1) is 20.7. The predicted octanol–water partition coefficient (Wildman–Crippen LogP) is 0.256. The van der Waals surface area contributed by atoms with Gasteiger partial charge in [0.1, 0.15) is 0 Å². The molecule has 8 heteroatoms. The first-order valence-corrected chi connectivity index (χ1v) is 16.0. The number of carbonyl (C=O) groups excluding carboxylic acids is 1. The number of urea groups is 1. The number of rotatable bonds is 4. The minimum atomic E-state index is -1.96. The van der Waals surface area contributed by atoms with Crippen molar-refractivity contribution in [1.82, 2.24) is 20.2 Å². The molecule has 0 aliphatic carbocycles. The van der Waals surface area contributed by atoms with Crippen LogP contribution in [0.3, 0.4) is 0 Å². The van der Waals surface area contributed by atoms with E-state index in [1.165, 1.54) is 15.3 Å². The Bertz CT molecular complexity index is 908. The molecule has 29 heavy (non-hydrogen) atoms. The number of nitrogens with one attached hydrogen (secondary N) is 1. The zero-order valence-electron chi connectivity index (χ0n) is 17.2. The van der Waals surface area contributed by atoms with Gasteiger partial charge in [-0.1, -0.05) is 0 Å². The minimum absolute atomic E-state index is 0.0235. The van der Waals surface area contributed by atoms with Crippen LogP contribution in [0, 0.1) is 13.8 Å². The number of amides is 2. The summed E-state index contributed by atoms with van der Waals surface area (Å²) in [6.07, 6.45) is 4.92. The molecule has 2 aliphatic heterocycles. The maximum atomic E-state index is 12.7. The molecule has 2 atom stereocenters. The average molecular weight is 529 g/mol.